The average molecular weight is 1290 g/mol. The van der Waals surface area contributed by atoms with Crippen LogP contribution in [0, 0.1) is 47.3 Å². The summed E-state index contributed by atoms with van der Waals surface area (Å²) >= 11 is 0. The molecule has 2 aliphatic rings. The lowest BCUT2D eigenvalue weighted by Crippen LogP contribution is -2.64. The van der Waals surface area contributed by atoms with Crippen molar-refractivity contribution in [2.45, 2.75) is 235 Å². The topological polar surface area (TPSA) is 285 Å². The van der Waals surface area contributed by atoms with Crippen molar-refractivity contribution in [2.75, 3.05) is 69.2 Å². The molecule has 0 saturated carbocycles. The standard InChI is InChI=1S/C67H118N10O14/c1-25-27-28-42(13)57(79)56-60(82)70-49(26-2)64(86)71(18)46(17)62(84)76(23)55(43(14)35-91-47-29-30-90-36-47)53(78)34-48(40(9)10)63(85)72(19)50(31-37(3)4)59(81)68-44(15)58(80)69-45(16)61(83)73(20)51(32-38(5)6)65(87)74(21)52(33-39(7)8)66(88)75(22)54(41(11)12)67(89)77(56)24/h25,27,37-52,54-57,79H,26,28-36H2,1-24H3,(H,68,81)(H,69,80)(H,70,82)/b27-25+/t42-,43-,44+,45-,46-,47+,48+,49+,50+,51+,52+,54+,55+,56+,57-/m1/s1. The Balaban J connectivity index is 3.03. The Morgan fingerprint density at radius 3 is 1.51 bits per heavy atom. The van der Waals surface area contributed by atoms with Crippen LogP contribution in [0.25, 0.3) is 0 Å². The van der Waals surface area contributed by atoms with Crippen LogP contribution in [0.4, 0.5) is 0 Å². The van der Waals surface area contributed by atoms with Gasteiger partial charge in [0.05, 0.1) is 31.5 Å². The maximum atomic E-state index is 15.3. The predicted octanol–water partition coefficient (Wildman–Crippen LogP) is 4.14. The summed E-state index contributed by atoms with van der Waals surface area (Å²) in [6.45, 7) is 30.4. The number of aliphatic hydroxyl groups excluding tert-OH is 1. The van der Waals surface area contributed by atoms with E-state index in [1.807, 2.05) is 47.6 Å². The lowest BCUT2D eigenvalue weighted by atomic mass is 9.84. The number of nitrogens with one attached hydrogen (secondary N) is 3. The van der Waals surface area contributed by atoms with Crippen molar-refractivity contribution in [1.82, 2.24) is 50.2 Å². The van der Waals surface area contributed by atoms with Gasteiger partial charge in [-0.1, -0.05) is 102 Å². The van der Waals surface area contributed by atoms with E-state index in [1.165, 1.54) is 94.6 Å². The molecule has 0 aromatic heterocycles. The van der Waals surface area contributed by atoms with E-state index >= 15 is 19.2 Å². The Kier molecular flexibility index (Phi) is 33.0. The molecule has 15 atom stereocenters. The monoisotopic (exact) mass is 1290 g/mol. The molecule has 0 unspecified atom stereocenters. The molecular weight excluding hydrogens is 1170 g/mol. The van der Waals surface area contributed by atoms with E-state index in [-0.39, 0.29) is 62.6 Å². The minimum Gasteiger partial charge on any atom is -0.390 e. The molecule has 0 radical (unpaired) electrons. The molecular formula is C67H118N10O14. The second-order valence-corrected chi connectivity index (χ2v) is 27.9. The molecule has 10 amide bonds. The summed E-state index contributed by atoms with van der Waals surface area (Å²) < 4.78 is 11.8. The summed E-state index contributed by atoms with van der Waals surface area (Å²) in [5, 5.41) is 20.4. The molecule has 0 aromatic carbocycles. The smallest absolute Gasteiger partial charge is 0.246 e. The summed E-state index contributed by atoms with van der Waals surface area (Å²) in [6.07, 6.45) is 2.85. The quantitative estimate of drug-likeness (QED) is 0.149. The summed E-state index contributed by atoms with van der Waals surface area (Å²) in [5.74, 6) is -11.0. The molecule has 4 N–H and O–H groups in total. The van der Waals surface area contributed by atoms with Crippen molar-refractivity contribution >= 4 is 64.9 Å². The fourth-order valence-corrected chi connectivity index (χ4v) is 12.2. The third-order valence-electron chi connectivity index (χ3n) is 18.2. The maximum absolute atomic E-state index is 15.3. The number of likely N-dealkylation sites (N-methyl/N-ethyl adjacent to an activating group) is 7. The highest BCUT2D eigenvalue weighted by Crippen LogP contribution is 2.29. The highest BCUT2D eigenvalue weighted by molar-refractivity contribution is 6.00. The summed E-state index contributed by atoms with van der Waals surface area (Å²) in [5.41, 5.74) is 0. The van der Waals surface area contributed by atoms with E-state index in [2.05, 4.69) is 16.0 Å². The van der Waals surface area contributed by atoms with Crippen LogP contribution in [-0.4, -0.2) is 246 Å². The number of carbonyl (C=O) groups excluding carboxylic acids is 11. The number of ketones is 1. The summed E-state index contributed by atoms with van der Waals surface area (Å²) in [6, 6.07) is -12.5. The zero-order valence-corrected chi connectivity index (χ0v) is 59.7. The van der Waals surface area contributed by atoms with E-state index < -0.39 is 161 Å². The maximum Gasteiger partial charge on any atom is 0.246 e. The molecule has 0 aliphatic carbocycles. The lowest BCUT2D eigenvalue weighted by molar-refractivity contribution is -0.157. The third kappa shape index (κ3) is 22.1. The minimum atomic E-state index is -1.63. The molecule has 2 fully saturated rings. The van der Waals surface area contributed by atoms with Gasteiger partial charge in [0, 0.05) is 74.2 Å². The predicted molar refractivity (Wildman–Crippen MR) is 349 cm³/mol. The van der Waals surface area contributed by atoms with Crippen LogP contribution in [0.15, 0.2) is 12.2 Å². The van der Waals surface area contributed by atoms with E-state index in [9.17, 15) is 38.7 Å². The molecule has 91 heavy (non-hydrogen) atoms. The van der Waals surface area contributed by atoms with E-state index in [4.69, 9.17) is 9.47 Å². The van der Waals surface area contributed by atoms with Crippen LogP contribution in [0.1, 0.15) is 163 Å². The first kappa shape index (κ1) is 81.1. The van der Waals surface area contributed by atoms with Gasteiger partial charge >= 0.3 is 0 Å². The van der Waals surface area contributed by atoms with Crippen molar-refractivity contribution in [1.29, 1.82) is 0 Å². The minimum absolute atomic E-state index is 0.00373. The van der Waals surface area contributed by atoms with Crippen LogP contribution in [0.2, 0.25) is 0 Å². The normalized spacial score (nSPS) is 28.8. The first-order chi connectivity index (χ1) is 42.2. The van der Waals surface area contributed by atoms with Gasteiger partial charge in [-0.15, -0.1) is 0 Å². The number of Topliss-reactive ketones (excluding diaryl/α,β-unsaturated/α-hetero) is 1. The number of amides is 10. The van der Waals surface area contributed by atoms with Crippen LogP contribution < -0.4 is 16.0 Å². The van der Waals surface area contributed by atoms with Gasteiger partial charge in [-0.3, -0.25) is 52.7 Å². The Labute approximate surface area is 544 Å². The number of carbonyl (C=O) groups is 11. The second kappa shape index (κ2) is 37.0. The largest absolute Gasteiger partial charge is 0.390 e. The molecule has 24 nitrogen and oxygen atoms in total. The third-order valence-corrected chi connectivity index (χ3v) is 18.2. The van der Waals surface area contributed by atoms with Gasteiger partial charge in [-0.25, -0.2) is 0 Å². The molecule has 0 aromatic rings. The number of hydrogen-bond donors (Lipinski definition) is 4. The first-order valence-electron chi connectivity index (χ1n) is 33.0. The number of aliphatic hydroxyl groups is 1. The van der Waals surface area contributed by atoms with E-state index in [0.29, 0.717) is 26.1 Å². The van der Waals surface area contributed by atoms with E-state index in [1.54, 1.807) is 61.5 Å². The van der Waals surface area contributed by atoms with Gasteiger partial charge in [0.15, 0.2) is 5.78 Å². The summed E-state index contributed by atoms with van der Waals surface area (Å²) in [4.78, 5) is 172. The van der Waals surface area contributed by atoms with Gasteiger partial charge in [-0.2, -0.15) is 0 Å². The van der Waals surface area contributed by atoms with Crippen molar-refractivity contribution in [3.63, 3.8) is 0 Å². The molecule has 24 heteroatoms. The van der Waals surface area contributed by atoms with Gasteiger partial charge in [0.25, 0.3) is 0 Å². The molecule has 0 bridgehead atoms. The highest BCUT2D eigenvalue weighted by Gasteiger charge is 2.46. The Morgan fingerprint density at radius 2 is 1.02 bits per heavy atom. The second-order valence-electron chi connectivity index (χ2n) is 27.9. The first-order valence-corrected chi connectivity index (χ1v) is 33.0. The molecule has 2 heterocycles. The van der Waals surface area contributed by atoms with Crippen molar-refractivity contribution in [3.8, 4) is 0 Å². The molecule has 520 valence electrons. The van der Waals surface area contributed by atoms with Crippen LogP contribution >= 0.6 is 0 Å². The van der Waals surface area contributed by atoms with Crippen molar-refractivity contribution in [3.05, 3.63) is 12.2 Å². The number of rotatable bonds is 17. The fraction of sp³-hybridized carbons (Fsp3) is 0.806. The van der Waals surface area contributed by atoms with Crippen LogP contribution in [0.3, 0.4) is 0 Å². The zero-order valence-electron chi connectivity index (χ0n) is 59.7. The molecule has 2 rings (SSSR count). The molecule has 0 spiro atoms. The Morgan fingerprint density at radius 1 is 0.538 bits per heavy atom. The summed E-state index contributed by atoms with van der Waals surface area (Å²) in [7, 11) is 10.0. The molecule has 2 aliphatic heterocycles. The number of hydrogen-bond acceptors (Lipinski definition) is 14. The van der Waals surface area contributed by atoms with Crippen LogP contribution in [-0.2, 0) is 62.2 Å². The number of nitrogens with zero attached hydrogens (tertiary/aromatic N) is 7. The van der Waals surface area contributed by atoms with Crippen LogP contribution in [0.5, 0.6) is 0 Å². The van der Waals surface area contributed by atoms with Gasteiger partial charge in [0.2, 0.25) is 59.1 Å². The van der Waals surface area contributed by atoms with Crippen molar-refractivity contribution < 1.29 is 67.3 Å². The molecule has 2 saturated heterocycles. The zero-order chi connectivity index (χ0) is 70.0. The van der Waals surface area contributed by atoms with Gasteiger partial charge in [-0.05, 0) is 102 Å². The lowest BCUT2D eigenvalue weighted by Gasteiger charge is -2.41. The number of allylic oxidation sites excluding steroid dienone is 2. The fourth-order valence-electron chi connectivity index (χ4n) is 12.2. The van der Waals surface area contributed by atoms with Crippen molar-refractivity contribution in [2.24, 2.45) is 47.3 Å². The Hall–Kier alpha value is -6.01. The Bertz CT molecular complexity index is 2500. The average Bonchev–Trinajstić information content (AvgIpc) is 1.03. The highest BCUT2D eigenvalue weighted by atomic mass is 16.5. The van der Waals surface area contributed by atoms with Gasteiger partial charge in [0.1, 0.15) is 54.4 Å². The van der Waals surface area contributed by atoms with E-state index in [0.717, 1.165) is 9.80 Å². The SMILES string of the molecule is C/C=C/C[C@@H](C)[C@@H](O)[C@H]1C(=O)N[C@@H](CC)C(=O)N(C)[C@H](C)C(=O)N(C)[C@@H]([C@H](C)CO[C@H]2CCOC2)C(=O)C[C@@H](C(C)C)C(=O)N(C)[C@@H](CC(C)C)C(=O)N[C@@H](C)C(=O)N[C@H](C)C(=O)N(C)[C@@H](CC(C)C)C(=O)N(C)[C@@H](CC(C)C)C(=O)N(C)[C@@H](C(C)C)C(=O)N1C. The number of ether oxygens (including phenoxy) is 2. The van der Waals surface area contributed by atoms with Gasteiger partial charge < -0.3 is 64.8 Å².